The molecule has 0 spiro atoms. The van der Waals surface area contributed by atoms with Crippen molar-refractivity contribution in [1.29, 1.82) is 0 Å². The van der Waals surface area contributed by atoms with Crippen LogP contribution in [0.15, 0.2) is 0 Å². The van der Waals surface area contributed by atoms with Gasteiger partial charge in [0, 0.05) is 84.1 Å². The number of hydrogen-bond donors (Lipinski definition) is 0. The zero-order valence-electron chi connectivity index (χ0n) is 2.09. The quantitative estimate of drug-likeness (QED) is 0.483. The minimum Gasteiger partial charge on any atom is 0 e. The van der Waals surface area contributed by atoms with Gasteiger partial charge in [-0.25, -0.2) is 0 Å². The monoisotopic (exact) mass is 235 g/mol. The van der Waals surface area contributed by atoms with Crippen LogP contribution in [-0.2, 0) is 17.1 Å². The van der Waals surface area contributed by atoms with E-state index in [4.69, 9.17) is 0 Å². The minimum absolute atomic E-state index is 0. The van der Waals surface area contributed by atoms with Crippen LogP contribution in [0.3, 0.4) is 0 Å². The first-order chi connectivity index (χ1) is 0. The fourth-order valence-electron chi connectivity index (χ4n) is 0. The molecule has 0 aliphatic heterocycles. The molecule has 0 aromatic rings. The van der Waals surface area contributed by atoms with E-state index in [0.29, 0.717) is 0 Å². The van der Waals surface area contributed by atoms with Gasteiger partial charge < -0.3 is 0 Å². The molecule has 0 N–H and O–H groups in total. The zero-order chi connectivity index (χ0) is 0. The maximum atomic E-state index is 0. The molecule has 0 aliphatic rings. The van der Waals surface area contributed by atoms with Crippen LogP contribution in [0.1, 0.15) is 0 Å². The van der Waals surface area contributed by atoms with Crippen LogP contribution in [0.2, 0.25) is 0 Å². The topological polar surface area (TPSA) is 0 Å². The van der Waals surface area contributed by atoms with Gasteiger partial charge in [-0.3, -0.25) is 0 Å². The van der Waals surface area contributed by atoms with Crippen LogP contribution in [0, 0.1) is 41.3 Å². The van der Waals surface area contributed by atoms with E-state index in [0.717, 1.165) is 0 Å². The van der Waals surface area contributed by atoms with Gasteiger partial charge in [-0.1, -0.05) is 0 Å². The van der Waals surface area contributed by atoms with Crippen LogP contribution in [0.25, 0.3) is 0 Å². The smallest absolute Gasteiger partial charge is 0 e. The number of rotatable bonds is 0. The van der Waals surface area contributed by atoms with Crippen molar-refractivity contribution in [2.45, 2.75) is 0 Å². The van der Waals surface area contributed by atoms with E-state index in [9.17, 15) is 0 Å². The van der Waals surface area contributed by atoms with Gasteiger partial charge in [0.1, 0.15) is 0 Å². The van der Waals surface area contributed by atoms with Crippen LogP contribution in [-0.4, -0.2) is 25.8 Å². The summed E-state index contributed by atoms with van der Waals surface area (Å²) in [5.74, 6) is 0. The minimum atomic E-state index is 0. The fraction of sp³-hybridized carbons (Fsp3) is 0. The zero-order valence-corrected chi connectivity index (χ0v) is 8.05. The molecular weight excluding hydrogens is 235 g/mol. The Bertz CT molecular complexity index is 8.00. The van der Waals surface area contributed by atoms with Gasteiger partial charge in [0.05, 0.1) is 0 Å². The average Bonchev–Trinajstić information content (AvgIpc) is 0. The molecular formula is AlBFePr. The molecule has 0 rings (SSSR count). The Hall–Kier alpha value is 2.48. The van der Waals surface area contributed by atoms with Crippen LogP contribution in [0.4, 0.5) is 0 Å². The van der Waals surface area contributed by atoms with Gasteiger partial charge in [0.15, 0.2) is 0 Å². The molecule has 0 nitrogen and oxygen atoms in total. The summed E-state index contributed by atoms with van der Waals surface area (Å²) in [6.45, 7) is 0. The molecule has 0 bridgehead atoms. The van der Waals surface area contributed by atoms with Crippen molar-refractivity contribution in [2.75, 3.05) is 0 Å². The summed E-state index contributed by atoms with van der Waals surface area (Å²) in [6.07, 6.45) is 0. The van der Waals surface area contributed by atoms with Crippen molar-refractivity contribution in [3.05, 3.63) is 0 Å². The van der Waals surface area contributed by atoms with Crippen molar-refractivity contribution in [3.8, 4) is 0 Å². The van der Waals surface area contributed by atoms with Crippen LogP contribution in [0.5, 0.6) is 0 Å². The molecule has 0 unspecified atom stereocenters. The summed E-state index contributed by atoms with van der Waals surface area (Å²) < 4.78 is 0. The Balaban J connectivity index is 0. The molecule has 0 atom stereocenters. The third-order valence-corrected chi connectivity index (χ3v) is 0. The third-order valence-electron chi connectivity index (χ3n) is 0. The maximum absolute atomic E-state index is 0. The van der Waals surface area contributed by atoms with Crippen molar-refractivity contribution in [3.63, 3.8) is 0 Å². The van der Waals surface area contributed by atoms with Gasteiger partial charge >= 0.3 is 0 Å². The molecule has 0 saturated carbocycles. The molecule has 0 aliphatic carbocycles. The van der Waals surface area contributed by atoms with Crippen LogP contribution >= 0.6 is 0 Å². The first-order valence-electron chi connectivity index (χ1n) is 0. The summed E-state index contributed by atoms with van der Waals surface area (Å²) in [4.78, 5) is 0. The van der Waals surface area contributed by atoms with E-state index in [2.05, 4.69) is 0 Å². The summed E-state index contributed by atoms with van der Waals surface area (Å²) in [5.41, 5.74) is 0. The molecule has 17 valence electrons. The van der Waals surface area contributed by atoms with Crippen molar-refractivity contribution >= 4 is 25.8 Å². The first-order valence-corrected chi connectivity index (χ1v) is 0. The summed E-state index contributed by atoms with van der Waals surface area (Å²) >= 11 is 0. The van der Waals surface area contributed by atoms with E-state index in [-0.39, 0.29) is 84.1 Å². The second-order valence-corrected chi connectivity index (χ2v) is 0. The summed E-state index contributed by atoms with van der Waals surface area (Å²) in [5, 5.41) is 0. The van der Waals surface area contributed by atoms with Crippen molar-refractivity contribution in [1.82, 2.24) is 0 Å². The van der Waals surface area contributed by atoms with Gasteiger partial charge in [0.25, 0.3) is 0 Å². The molecule has 7 radical (unpaired) electrons. The largest absolute Gasteiger partial charge is 0 e. The Morgan fingerprint density at radius 2 is 1.00 bits per heavy atom. The summed E-state index contributed by atoms with van der Waals surface area (Å²) in [7, 11) is 0. The Kier molecular flexibility index (Phi) is 141. The van der Waals surface area contributed by atoms with Gasteiger partial charge in [0.2, 0.25) is 0 Å². The molecule has 4 heteroatoms. The van der Waals surface area contributed by atoms with E-state index in [1.165, 1.54) is 0 Å². The van der Waals surface area contributed by atoms with Crippen molar-refractivity contribution in [2.24, 2.45) is 0 Å². The van der Waals surface area contributed by atoms with Gasteiger partial charge in [-0.05, 0) is 0 Å². The second kappa shape index (κ2) is 17.9. The van der Waals surface area contributed by atoms with E-state index in [1.807, 2.05) is 0 Å². The first kappa shape index (κ1) is 31.6. The molecule has 4 heavy (non-hydrogen) atoms. The maximum Gasteiger partial charge on any atom is 0 e. The molecule has 0 aromatic heterocycles. The predicted molar refractivity (Wildman–Crippen MR) is 11.5 cm³/mol. The van der Waals surface area contributed by atoms with Crippen molar-refractivity contribution < 1.29 is 58.4 Å². The molecule has 0 saturated heterocycles. The SMILES string of the molecule is [Al].[B].[Fe].[Pr]. The van der Waals surface area contributed by atoms with E-state index in [1.54, 1.807) is 0 Å². The molecule has 0 fully saturated rings. The number of hydrogen-bond acceptors (Lipinski definition) is 0. The standard InChI is InChI=1S/Al.B.Fe.Pr. The van der Waals surface area contributed by atoms with Crippen LogP contribution < -0.4 is 0 Å². The van der Waals surface area contributed by atoms with Gasteiger partial charge in [-0.2, -0.15) is 0 Å². The Morgan fingerprint density at radius 3 is 1.00 bits per heavy atom. The average molecular weight is 235 g/mol. The second-order valence-electron chi connectivity index (χ2n) is 0. The molecule has 0 heterocycles. The van der Waals surface area contributed by atoms with Gasteiger partial charge in [-0.15, -0.1) is 0 Å². The fourth-order valence-corrected chi connectivity index (χ4v) is 0. The van der Waals surface area contributed by atoms with E-state index < -0.39 is 0 Å². The van der Waals surface area contributed by atoms with E-state index >= 15 is 0 Å². The molecule has 0 amide bonds. The Morgan fingerprint density at radius 1 is 1.00 bits per heavy atom. The predicted octanol–water partition coefficient (Wildman–Crippen LogP) is -0.764. The summed E-state index contributed by atoms with van der Waals surface area (Å²) in [6, 6.07) is 0. The Labute approximate surface area is 82.6 Å². The molecule has 0 aromatic carbocycles. The normalized spacial score (nSPS) is 0. The third kappa shape index (κ3) is 8.82.